The minimum atomic E-state index is 0.180. The summed E-state index contributed by atoms with van der Waals surface area (Å²) in [4.78, 5) is 2.14. The highest BCUT2D eigenvalue weighted by Gasteiger charge is 2.06. The van der Waals surface area contributed by atoms with Crippen molar-refractivity contribution in [1.29, 1.82) is 0 Å². The molecule has 0 unspecified atom stereocenters. The van der Waals surface area contributed by atoms with Gasteiger partial charge in [-0.3, -0.25) is 0 Å². The Balaban J connectivity index is 2.91. The number of hydrogen-bond acceptors (Lipinski definition) is 3. The first-order valence-corrected chi connectivity index (χ1v) is 5.66. The fourth-order valence-electron chi connectivity index (χ4n) is 1.59. The molecule has 0 aliphatic rings. The summed E-state index contributed by atoms with van der Waals surface area (Å²) in [7, 11) is 4.11. The minimum Gasteiger partial charge on any atom is -0.491 e. The lowest BCUT2D eigenvalue weighted by molar-refractivity contribution is 0.239. The molecule has 0 saturated carbocycles. The summed E-state index contributed by atoms with van der Waals surface area (Å²) in [5.74, 6) is 0.914. The first-order valence-electron chi connectivity index (χ1n) is 5.66. The molecule has 3 heteroatoms. The van der Waals surface area contributed by atoms with E-state index in [2.05, 4.69) is 37.2 Å². The summed E-state index contributed by atoms with van der Waals surface area (Å²) in [6.45, 7) is 5.49. The average Bonchev–Trinajstić information content (AvgIpc) is 2.16. The molecule has 0 spiro atoms. The first-order chi connectivity index (χ1) is 7.52. The zero-order valence-electron chi connectivity index (χ0n) is 10.7. The highest BCUT2D eigenvalue weighted by atomic mass is 16.5. The van der Waals surface area contributed by atoms with Gasteiger partial charge in [-0.25, -0.2) is 0 Å². The van der Waals surface area contributed by atoms with E-state index in [0.29, 0.717) is 6.54 Å². The van der Waals surface area contributed by atoms with E-state index < -0.39 is 0 Å². The molecule has 0 heterocycles. The summed E-state index contributed by atoms with van der Waals surface area (Å²) in [5.41, 5.74) is 8.00. The number of ether oxygens (including phenoxy) is 1. The van der Waals surface area contributed by atoms with Crippen molar-refractivity contribution in [3.05, 3.63) is 29.3 Å². The van der Waals surface area contributed by atoms with Gasteiger partial charge in [-0.2, -0.15) is 0 Å². The molecule has 0 aromatic heterocycles. The molecule has 0 fully saturated rings. The molecular formula is C13H22N2O. The SMILES string of the molecule is CC(C)Oc1cc(CN(C)C)ccc1CN. The molecule has 1 rings (SSSR count). The van der Waals surface area contributed by atoms with Gasteiger partial charge in [0.25, 0.3) is 0 Å². The molecule has 1 aromatic rings. The molecule has 2 N–H and O–H groups in total. The summed E-state index contributed by atoms with van der Waals surface area (Å²) < 4.78 is 5.76. The standard InChI is InChI=1S/C13H22N2O/c1-10(2)16-13-7-11(9-15(3)4)5-6-12(13)8-14/h5-7,10H,8-9,14H2,1-4H3. The Bertz CT molecular complexity index is 335. The van der Waals surface area contributed by atoms with E-state index in [-0.39, 0.29) is 6.10 Å². The summed E-state index contributed by atoms with van der Waals surface area (Å²) in [6.07, 6.45) is 0.180. The summed E-state index contributed by atoms with van der Waals surface area (Å²) in [6, 6.07) is 6.24. The zero-order valence-corrected chi connectivity index (χ0v) is 10.7. The van der Waals surface area contributed by atoms with Crippen LogP contribution in [0.2, 0.25) is 0 Å². The van der Waals surface area contributed by atoms with Crippen molar-refractivity contribution >= 4 is 0 Å². The number of rotatable bonds is 5. The molecule has 0 aliphatic carbocycles. The first kappa shape index (κ1) is 13.0. The molecule has 1 aromatic carbocycles. The van der Waals surface area contributed by atoms with E-state index in [1.54, 1.807) is 0 Å². The van der Waals surface area contributed by atoms with Crippen molar-refractivity contribution in [3.8, 4) is 5.75 Å². The molecule has 0 aliphatic heterocycles. The van der Waals surface area contributed by atoms with Gasteiger partial charge in [-0.1, -0.05) is 12.1 Å². The lowest BCUT2D eigenvalue weighted by atomic mass is 10.1. The number of nitrogens with two attached hydrogens (primary N) is 1. The molecule has 0 amide bonds. The van der Waals surface area contributed by atoms with Crippen LogP contribution >= 0.6 is 0 Å². The fourth-order valence-corrected chi connectivity index (χ4v) is 1.59. The van der Waals surface area contributed by atoms with Crippen molar-refractivity contribution in [3.63, 3.8) is 0 Å². The lowest BCUT2D eigenvalue weighted by Crippen LogP contribution is -2.13. The third-order valence-corrected chi connectivity index (χ3v) is 2.21. The van der Waals surface area contributed by atoms with Gasteiger partial charge >= 0.3 is 0 Å². The van der Waals surface area contributed by atoms with Crippen molar-refractivity contribution < 1.29 is 4.74 Å². The Hall–Kier alpha value is -1.06. The quantitative estimate of drug-likeness (QED) is 0.828. The maximum absolute atomic E-state index is 5.76. The van der Waals surface area contributed by atoms with Crippen LogP contribution in [0.3, 0.4) is 0 Å². The summed E-state index contributed by atoms with van der Waals surface area (Å²) >= 11 is 0. The van der Waals surface area contributed by atoms with Crippen LogP contribution in [0.15, 0.2) is 18.2 Å². The van der Waals surface area contributed by atoms with Gasteiger partial charge < -0.3 is 15.4 Å². The van der Waals surface area contributed by atoms with Gasteiger partial charge in [-0.05, 0) is 39.6 Å². The predicted octanol–water partition coefficient (Wildman–Crippen LogP) is 1.99. The maximum atomic E-state index is 5.76. The second kappa shape index (κ2) is 5.87. The van der Waals surface area contributed by atoms with E-state index in [9.17, 15) is 0 Å². The van der Waals surface area contributed by atoms with Crippen molar-refractivity contribution in [2.24, 2.45) is 5.73 Å². The van der Waals surface area contributed by atoms with E-state index >= 15 is 0 Å². The van der Waals surface area contributed by atoms with Crippen LogP contribution in [-0.4, -0.2) is 25.1 Å². The highest BCUT2D eigenvalue weighted by Crippen LogP contribution is 2.22. The summed E-state index contributed by atoms with van der Waals surface area (Å²) in [5, 5.41) is 0. The topological polar surface area (TPSA) is 38.5 Å². The van der Waals surface area contributed by atoms with Crippen LogP contribution < -0.4 is 10.5 Å². The van der Waals surface area contributed by atoms with Gasteiger partial charge in [0.1, 0.15) is 5.75 Å². The van der Waals surface area contributed by atoms with Crippen LogP contribution in [0.25, 0.3) is 0 Å². The molecule has 16 heavy (non-hydrogen) atoms. The number of hydrogen-bond donors (Lipinski definition) is 1. The van der Waals surface area contributed by atoms with Crippen LogP contribution in [0.1, 0.15) is 25.0 Å². The largest absolute Gasteiger partial charge is 0.491 e. The second-order valence-electron chi connectivity index (χ2n) is 4.55. The van der Waals surface area contributed by atoms with Gasteiger partial charge in [0.05, 0.1) is 6.10 Å². The molecular weight excluding hydrogens is 200 g/mol. The van der Waals surface area contributed by atoms with Crippen molar-refractivity contribution in [2.45, 2.75) is 33.0 Å². The molecule has 0 bridgehead atoms. The molecule has 90 valence electrons. The van der Waals surface area contributed by atoms with E-state index in [1.165, 1.54) is 5.56 Å². The van der Waals surface area contributed by atoms with Gasteiger partial charge in [0, 0.05) is 18.7 Å². The zero-order chi connectivity index (χ0) is 12.1. The van der Waals surface area contributed by atoms with Gasteiger partial charge in [0.15, 0.2) is 0 Å². The lowest BCUT2D eigenvalue weighted by Gasteiger charge is -2.16. The Kier molecular flexibility index (Phi) is 4.77. The molecule has 3 nitrogen and oxygen atoms in total. The van der Waals surface area contributed by atoms with Gasteiger partial charge in [0.2, 0.25) is 0 Å². The predicted molar refractivity (Wildman–Crippen MR) is 67.5 cm³/mol. The Morgan fingerprint density at radius 1 is 1.31 bits per heavy atom. The third kappa shape index (κ3) is 3.83. The van der Waals surface area contributed by atoms with E-state index in [4.69, 9.17) is 10.5 Å². The molecule has 0 atom stereocenters. The van der Waals surface area contributed by atoms with Crippen molar-refractivity contribution in [1.82, 2.24) is 4.90 Å². The second-order valence-corrected chi connectivity index (χ2v) is 4.55. The van der Waals surface area contributed by atoms with Crippen LogP contribution in [0, 0.1) is 0 Å². The Morgan fingerprint density at radius 3 is 2.50 bits per heavy atom. The van der Waals surface area contributed by atoms with Crippen molar-refractivity contribution in [2.75, 3.05) is 14.1 Å². The monoisotopic (exact) mass is 222 g/mol. The van der Waals surface area contributed by atoms with Crippen LogP contribution in [0.5, 0.6) is 5.75 Å². The smallest absolute Gasteiger partial charge is 0.124 e. The average molecular weight is 222 g/mol. The Labute approximate surface area is 98.2 Å². The third-order valence-electron chi connectivity index (χ3n) is 2.21. The van der Waals surface area contributed by atoms with Gasteiger partial charge in [-0.15, -0.1) is 0 Å². The van der Waals surface area contributed by atoms with E-state index in [0.717, 1.165) is 17.9 Å². The molecule has 0 saturated heterocycles. The molecule has 0 radical (unpaired) electrons. The normalized spacial score (nSPS) is 11.2. The fraction of sp³-hybridized carbons (Fsp3) is 0.538. The van der Waals surface area contributed by atoms with Crippen LogP contribution in [-0.2, 0) is 13.1 Å². The van der Waals surface area contributed by atoms with Crippen LogP contribution in [0.4, 0.5) is 0 Å². The minimum absolute atomic E-state index is 0.180. The Morgan fingerprint density at radius 2 is 2.00 bits per heavy atom. The van der Waals surface area contributed by atoms with E-state index in [1.807, 2.05) is 13.8 Å². The number of nitrogens with zero attached hydrogens (tertiary/aromatic N) is 1. The number of benzene rings is 1. The maximum Gasteiger partial charge on any atom is 0.124 e. The highest BCUT2D eigenvalue weighted by molar-refractivity contribution is 5.37.